The molecule has 1 aromatic carbocycles. The predicted molar refractivity (Wildman–Crippen MR) is 95.3 cm³/mol. The molecule has 138 valence electrons. The normalized spacial score (nSPS) is 11.1. The highest BCUT2D eigenvalue weighted by atomic mass is 32.2. The second-order valence-electron chi connectivity index (χ2n) is 5.53. The highest BCUT2D eigenvalue weighted by Crippen LogP contribution is 2.20. The van der Waals surface area contributed by atoms with Gasteiger partial charge in [-0.25, -0.2) is 8.42 Å². The maximum absolute atomic E-state index is 11.7. The van der Waals surface area contributed by atoms with Crippen LogP contribution < -0.4 is 5.32 Å². The van der Waals surface area contributed by atoms with Gasteiger partial charge in [-0.3, -0.25) is 9.59 Å². The van der Waals surface area contributed by atoms with Gasteiger partial charge in [0.1, 0.15) is 0 Å². The number of carbonyl (C=O) groups excluding carboxylic acids is 1. The van der Waals surface area contributed by atoms with E-state index in [2.05, 4.69) is 15.5 Å². The lowest BCUT2D eigenvalue weighted by molar-refractivity contribution is -0.137. The van der Waals surface area contributed by atoms with Gasteiger partial charge in [0.25, 0.3) is 0 Å². The molecule has 2 rings (SSSR count). The van der Waals surface area contributed by atoms with Crippen molar-refractivity contribution in [2.24, 2.45) is 0 Å². The van der Waals surface area contributed by atoms with E-state index in [1.807, 2.05) is 0 Å². The molecule has 9 heteroatoms. The maximum atomic E-state index is 11.7. The summed E-state index contributed by atoms with van der Waals surface area (Å²) in [5, 5.41) is 18.9. The molecule has 0 aliphatic heterocycles. The Labute approximate surface area is 151 Å². The van der Waals surface area contributed by atoms with Crippen molar-refractivity contribution in [3.63, 3.8) is 0 Å². The standard InChI is InChI=1S/C17H19N3O5S/c1-2-26(24,25)16-11-10-14(19-20-16)12-6-8-13(9-7-12)18-15(21)4-3-5-17(22)23/h6-11H,2-5H2,1H3,(H,18,21)(H,22,23). The molecule has 0 atom stereocenters. The summed E-state index contributed by atoms with van der Waals surface area (Å²) >= 11 is 0. The quantitative estimate of drug-likeness (QED) is 0.721. The summed E-state index contributed by atoms with van der Waals surface area (Å²) < 4.78 is 23.5. The molecule has 0 saturated carbocycles. The highest BCUT2D eigenvalue weighted by molar-refractivity contribution is 7.91. The van der Waals surface area contributed by atoms with Gasteiger partial charge in [0.05, 0.1) is 11.4 Å². The van der Waals surface area contributed by atoms with E-state index < -0.39 is 15.8 Å². The van der Waals surface area contributed by atoms with E-state index in [1.54, 1.807) is 37.3 Å². The monoisotopic (exact) mass is 377 g/mol. The van der Waals surface area contributed by atoms with Gasteiger partial charge in [-0.05, 0) is 30.7 Å². The molecule has 0 saturated heterocycles. The molecule has 0 fully saturated rings. The highest BCUT2D eigenvalue weighted by Gasteiger charge is 2.14. The summed E-state index contributed by atoms with van der Waals surface area (Å²) in [5.41, 5.74) is 1.81. The molecule has 0 aliphatic carbocycles. The van der Waals surface area contributed by atoms with Gasteiger partial charge in [-0.15, -0.1) is 10.2 Å². The summed E-state index contributed by atoms with van der Waals surface area (Å²) in [6.07, 6.45) is 0.365. The van der Waals surface area contributed by atoms with Gasteiger partial charge in [-0.1, -0.05) is 19.1 Å². The molecule has 0 aliphatic rings. The van der Waals surface area contributed by atoms with Crippen molar-refractivity contribution in [2.45, 2.75) is 31.2 Å². The van der Waals surface area contributed by atoms with Crippen LogP contribution in [0, 0.1) is 0 Å². The zero-order valence-electron chi connectivity index (χ0n) is 14.2. The number of aliphatic carboxylic acids is 1. The first-order valence-electron chi connectivity index (χ1n) is 8.00. The average molecular weight is 377 g/mol. The van der Waals surface area contributed by atoms with Crippen molar-refractivity contribution in [1.82, 2.24) is 10.2 Å². The second-order valence-corrected chi connectivity index (χ2v) is 7.76. The van der Waals surface area contributed by atoms with Gasteiger partial charge in [0, 0.05) is 24.1 Å². The number of nitrogens with one attached hydrogen (secondary N) is 1. The molecule has 2 aromatic rings. The number of carbonyl (C=O) groups is 2. The van der Waals surface area contributed by atoms with Crippen LogP contribution in [0.15, 0.2) is 41.4 Å². The van der Waals surface area contributed by atoms with Crippen molar-refractivity contribution in [1.29, 1.82) is 0 Å². The molecular weight excluding hydrogens is 358 g/mol. The Morgan fingerprint density at radius 2 is 1.73 bits per heavy atom. The van der Waals surface area contributed by atoms with Crippen LogP contribution in [0.4, 0.5) is 5.69 Å². The molecule has 0 spiro atoms. The lowest BCUT2D eigenvalue weighted by atomic mass is 10.1. The molecule has 26 heavy (non-hydrogen) atoms. The fourth-order valence-electron chi connectivity index (χ4n) is 2.14. The average Bonchev–Trinajstić information content (AvgIpc) is 2.62. The van der Waals surface area contributed by atoms with Crippen LogP contribution >= 0.6 is 0 Å². The largest absolute Gasteiger partial charge is 0.481 e. The fraction of sp³-hybridized carbons (Fsp3) is 0.294. The summed E-state index contributed by atoms with van der Waals surface area (Å²) in [5.74, 6) is -1.23. The number of nitrogens with zero attached hydrogens (tertiary/aromatic N) is 2. The minimum atomic E-state index is -3.39. The second kappa shape index (κ2) is 8.52. The molecule has 0 unspecified atom stereocenters. The van der Waals surface area contributed by atoms with E-state index in [-0.39, 0.29) is 35.9 Å². The molecule has 1 aromatic heterocycles. The number of hydrogen-bond donors (Lipinski definition) is 2. The van der Waals surface area contributed by atoms with Crippen molar-refractivity contribution in [2.75, 3.05) is 11.1 Å². The van der Waals surface area contributed by atoms with Crippen molar-refractivity contribution < 1.29 is 23.1 Å². The Hall–Kier alpha value is -2.81. The summed E-state index contributed by atoms with van der Waals surface area (Å²) in [7, 11) is -3.39. The van der Waals surface area contributed by atoms with Crippen LogP contribution in [0.3, 0.4) is 0 Å². The Morgan fingerprint density at radius 3 is 2.27 bits per heavy atom. The van der Waals surface area contributed by atoms with E-state index in [1.165, 1.54) is 6.07 Å². The van der Waals surface area contributed by atoms with Gasteiger partial charge < -0.3 is 10.4 Å². The first-order valence-corrected chi connectivity index (χ1v) is 9.65. The fourth-order valence-corrected chi connectivity index (χ4v) is 2.87. The maximum Gasteiger partial charge on any atom is 0.303 e. The Morgan fingerprint density at radius 1 is 1.04 bits per heavy atom. The van der Waals surface area contributed by atoms with Crippen LogP contribution in [-0.4, -0.2) is 41.4 Å². The van der Waals surface area contributed by atoms with Crippen molar-refractivity contribution in [3.05, 3.63) is 36.4 Å². The van der Waals surface area contributed by atoms with E-state index in [0.717, 1.165) is 5.56 Å². The number of carboxylic acid groups (broad SMARTS) is 1. The smallest absolute Gasteiger partial charge is 0.303 e. The Bertz CT molecular complexity index is 878. The molecule has 8 nitrogen and oxygen atoms in total. The number of amides is 1. The van der Waals surface area contributed by atoms with E-state index in [0.29, 0.717) is 11.4 Å². The lowest BCUT2D eigenvalue weighted by Gasteiger charge is -2.06. The lowest BCUT2D eigenvalue weighted by Crippen LogP contribution is -2.11. The zero-order chi connectivity index (χ0) is 19.2. The molecule has 2 N–H and O–H groups in total. The minimum absolute atomic E-state index is 0.0398. The topological polar surface area (TPSA) is 126 Å². The molecule has 1 heterocycles. The number of rotatable bonds is 8. The van der Waals surface area contributed by atoms with Crippen molar-refractivity contribution in [3.8, 4) is 11.3 Å². The van der Waals surface area contributed by atoms with Gasteiger partial charge in [0.2, 0.25) is 5.91 Å². The minimum Gasteiger partial charge on any atom is -0.481 e. The molecular formula is C17H19N3O5S. The molecule has 0 radical (unpaired) electrons. The first kappa shape index (κ1) is 19.5. The van der Waals surface area contributed by atoms with Gasteiger partial charge in [-0.2, -0.15) is 0 Å². The Balaban J connectivity index is 2.01. The van der Waals surface area contributed by atoms with Crippen LogP contribution in [0.5, 0.6) is 0 Å². The van der Waals surface area contributed by atoms with E-state index in [4.69, 9.17) is 5.11 Å². The van der Waals surface area contributed by atoms with E-state index in [9.17, 15) is 18.0 Å². The first-order chi connectivity index (χ1) is 12.3. The number of hydrogen-bond acceptors (Lipinski definition) is 6. The van der Waals surface area contributed by atoms with Crippen LogP contribution in [-0.2, 0) is 19.4 Å². The van der Waals surface area contributed by atoms with Gasteiger partial charge in [0.15, 0.2) is 14.9 Å². The summed E-state index contributed by atoms with van der Waals surface area (Å²) in [6.45, 7) is 1.54. The Kier molecular flexibility index (Phi) is 6.40. The SMILES string of the molecule is CCS(=O)(=O)c1ccc(-c2ccc(NC(=O)CCCC(=O)O)cc2)nn1. The van der Waals surface area contributed by atoms with Crippen LogP contribution in [0.1, 0.15) is 26.2 Å². The number of anilines is 1. The molecule has 1 amide bonds. The zero-order valence-corrected chi connectivity index (χ0v) is 15.0. The summed E-state index contributed by atoms with van der Waals surface area (Å²) in [6, 6.07) is 9.82. The van der Waals surface area contributed by atoms with E-state index >= 15 is 0 Å². The molecule has 0 bridgehead atoms. The summed E-state index contributed by atoms with van der Waals surface area (Å²) in [4.78, 5) is 22.2. The number of aromatic nitrogens is 2. The van der Waals surface area contributed by atoms with Crippen LogP contribution in [0.25, 0.3) is 11.3 Å². The third kappa shape index (κ3) is 5.35. The third-order valence-electron chi connectivity index (χ3n) is 3.60. The number of benzene rings is 1. The predicted octanol–water partition coefficient (Wildman–Crippen LogP) is 2.13. The number of carboxylic acids is 1. The van der Waals surface area contributed by atoms with Gasteiger partial charge >= 0.3 is 5.97 Å². The van der Waals surface area contributed by atoms with Crippen molar-refractivity contribution >= 4 is 27.4 Å². The third-order valence-corrected chi connectivity index (χ3v) is 5.21. The van der Waals surface area contributed by atoms with Crippen LogP contribution in [0.2, 0.25) is 0 Å². The number of sulfone groups is 1.